The fourth-order valence-corrected chi connectivity index (χ4v) is 10.4. The Bertz CT molecular complexity index is 3930. The molecule has 1 aliphatic carbocycles. The molecule has 0 saturated heterocycles. The second-order valence-electron chi connectivity index (χ2n) is 16.9. The Morgan fingerprint density at radius 3 is 1.74 bits per heavy atom. The largest absolute Gasteiger partial charge is 0.456 e. The quantitative estimate of drug-likeness (QED) is 0.0329. The lowest BCUT2D eigenvalue weighted by molar-refractivity contribution is -0.385. The monoisotopic (exact) mass is 1040 g/mol. The van der Waals surface area contributed by atoms with Crippen LogP contribution in [0.25, 0.3) is 33.4 Å². The molecule has 2 amide bonds. The number of fused-ring (bicyclic) bond motifs is 2. The highest BCUT2D eigenvalue weighted by molar-refractivity contribution is 7.86. The summed E-state index contributed by atoms with van der Waals surface area (Å²) < 4.78 is 89.7. The van der Waals surface area contributed by atoms with Gasteiger partial charge in [-0.2, -0.15) is 16.8 Å². The number of carbonyl (C=O) groups excluding carboxylic acids is 2. The lowest BCUT2D eigenvalue weighted by atomic mass is 9.93. The van der Waals surface area contributed by atoms with Gasteiger partial charge in [0, 0.05) is 69.8 Å². The van der Waals surface area contributed by atoms with Crippen LogP contribution in [0.2, 0.25) is 0 Å². The van der Waals surface area contributed by atoms with Gasteiger partial charge < -0.3 is 19.2 Å². The van der Waals surface area contributed by atoms with Gasteiger partial charge in [0.2, 0.25) is 0 Å². The van der Waals surface area contributed by atoms with Crippen molar-refractivity contribution in [2.75, 3.05) is 16.0 Å². The molecule has 0 unspecified atom stereocenters. The van der Waals surface area contributed by atoms with E-state index in [1.807, 2.05) is 13.0 Å². The summed E-state index contributed by atoms with van der Waals surface area (Å²) in [5.74, 6) is 0.173. The molecule has 6 aromatic rings. The number of anilines is 4. The Hall–Kier alpha value is -9.03. The molecular formula is C51H42N6O15S2. The summed E-state index contributed by atoms with van der Waals surface area (Å²) in [5, 5.41) is 31.5. The van der Waals surface area contributed by atoms with Crippen molar-refractivity contribution in [2.24, 2.45) is 4.99 Å². The van der Waals surface area contributed by atoms with E-state index in [1.54, 1.807) is 57.2 Å². The van der Waals surface area contributed by atoms with E-state index in [0.717, 1.165) is 17.7 Å². The first-order valence-electron chi connectivity index (χ1n) is 22.0. The summed E-state index contributed by atoms with van der Waals surface area (Å²) in [6.45, 7) is 9.77. The molecule has 21 nitrogen and oxygen atoms in total. The van der Waals surface area contributed by atoms with Gasteiger partial charge in [-0.1, -0.05) is 24.3 Å². The number of hydrogen-bond acceptors (Lipinski definition) is 15. The van der Waals surface area contributed by atoms with Crippen LogP contribution in [-0.2, 0) is 20.2 Å². The Morgan fingerprint density at radius 1 is 0.608 bits per heavy atom. The highest BCUT2D eigenvalue weighted by atomic mass is 32.2. The molecule has 0 bridgehead atoms. The zero-order valence-corrected chi connectivity index (χ0v) is 41.5. The predicted molar refractivity (Wildman–Crippen MR) is 273 cm³/mol. The van der Waals surface area contributed by atoms with Crippen molar-refractivity contribution >= 4 is 83.2 Å². The maximum absolute atomic E-state index is 13.2. The third-order valence-corrected chi connectivity index (χ3v) is 14.0. The number of nitro benzene ring substituents is 2. The first-order valence-corrected chi connectivity index (χ1v) is 24.9. The van der Waals surface area contributed by atoms with E-state index in [-0.39, 0.29) is 73.2 Å². The number of aryl methyl sites for hydroxylation is 2. The van der Waals surface area contributed by atoms with Crippen molar-refractivity contribution in [2.45, 2.75) is 51.3 Å². The first kappa shape index (κ1) is 51.3. The molecule has 1 aliphatic heterocycles. The van der Waals surface area contributed by atoms with E-state index in [1.165, 1.54) is 74.5 Å². The van der Waals surface area contributed by atoms with Crippen molar-refractivity contribution in [1.82, 2.24) is 0 Å². The number of nitro groups is 2. The molecule has 23 heteroatoms. The molecule has 6 aromatic carbocycles. The van der Waals surface area contributed by atoms with Crippen LogP contribution >= 0.6 is 0 Å². The summed E-state index contributed by atoms with van der Waals surface area (Å²) in [7, 11) is -9.73. The zero-order valence-electron chi connectivity index (χ0n) is 39.8. The van der Waals surface area contributed by atoms with Crippen LogP contribution in [0.4, 0.5) is 49.4 Å². The summed E-state index contributed by atoms with van der Waals surface area (Å²) in [6, 6.07) is 27.1. The van der Waals surface area contributed by atoms with Crippen molar-refractivity contribution in [3.63, 3.8) is 0 Å². The number of benzene rings is 7. The number of carbonyl (C=O) groups is 2. The smallest absolute Gasteiger partial charge is 0.417 e. The van der Waals surface area contributed by atoms with Gasteiger partial charge in [-0.15, -0.1) is 0 Å². The molecule has 8 rings (SSSR count). The Labute approximate surface area is 421 Å². The Morgan fingerprint density at radius 2 is 1.18 bits per heavy atom. The minimum atomic E-state index is -4.95. The molecule has 5 N–H and O–H groups in total. The molecule has 0 saturated carbocycles. The first-order chi connectivity index (χ1) is 34.9. The van der Waals surface area contributed by atoms with E-state index in [9.17, 15) is 55.8 Å². The average Bonchev–Trinajstić information content (AvgIpc) is 3.33. The number of nitrogens with zero attached hydrogens (tertiary/aromatic N) is 3. The summed E-state index contributed by atoms with van der Waals surface area (Å²) in [6.07, 6.45) is -1.93. The summed E-state index contributed by atoms with van der Waals surface area (Å²) in [5.41, 5.74) is 4.47. The van der Waals surface area contributed by atoms with E-state index >= 15 is 0 Å². The van der Waals surface area contributed by atoms with E-state index < -0.39 is 52.1 Å². The Kier molecular flexibility index (Phi) is 13.8. The minimum Gasteiger partial charge on any atom is -0.456 e. The normalized spacial score (nSPS) is 11.9. The molecule has 0 aromatic heterocycles. The number of non-ortho nitro benzene ring substituents is 2. The number of rotatable bonds is 12. The number of hydrogen-bond donors (Lipinski definition) is 5. The van der Waals surface area contributed by atoms with Crippen molar-refractivity contribution < 1.29 is 59.3 Å². The fraction of sp³-hybridized carbons (Fsp3) is 0.118. The van der Waals surface area contributed by atoms with Crippen LogP contribution in [0.1, 0.15) is 33.4 Å². The van der Waals surface area contributed by atoms with Gasteiger partial charge in [-0.25, -0.2) is 14.6 Å². The molecule has 0 atom stereocenters. The molecular weight excluding hydrogens is 1000 g/mol. The lowest BCUT2D eigenvalue weighted by Crippen LogP contribution is -2.20. The standard InChI is InChI=1S/C51H42N6O15S2/c1-26-23-27(2)46(54-50(58)70-36-17-13-34(14-18-36)56(60)61)28(3)45(26)52-32-11-21-38-41(24-32)72-42-25-33(12-22-39(42)44(38)40-9-7-8-10-43(40)73(64,65)66)53-47-29(4)48(31(6)49(30(47)5)74(67,68)69)55-51(59)71-37-19-15-35(16-20-37)57(62)63/h7-25,52H,1-6H3,(H,54,58)(H,55,59)(H,64,65,66)(H,67,68,69)/b53-33+. The van der Waals surface area contributed by atoms with Crippen LogP contribution in [0.15, 0.2) is 134 Å². The van der Waals surface area contributed by atoms with Crippen molar-refractivity contribution in [1.29, 1.82) is 0 Å². The van der Waals surface area contributed by atoms with Crippen LogP contribution in [0, 0.1) is 61.8 Å². The predicted octanol–water partition coefficient (Wildman–Crippen LogP) is 11.6. The molecule has 0 fully saturated rings. The third kappa shape index (κ3) is 10.5. The lowest BCUT2D eigenvalue weighted by Gasteiger charge is -2.20. The van der Waals surface area contributed by atoms with Crippen LogP contribution in [-0.4, -0.2) is 48.0 Å². The molecule has 0 spiro atoms. The minimum absolute atomic E-state index is 0.0206. The highest BCUT2D eigenvalue weighted by Gasteiger charge is 2.28. The molecule has 0 radical (unpaired) electrons. The second kappa shape index (κ2) is 19.9. The van der Waals surface area contributed by atoms with E-state index in [4.69, 9.17) is 18.9 Å². The SMILES string of the molecule is Cc1cc(C)c(Nc2ccc3c(-c4ccccc4S(=O)(=O)O)c4cc/c(=N\c5c(C)c(NC(=O)Oc6ccc([N+](=O)[O-])cc6)c(C)c(S(=O)(=O)O)c5C)cc-4oc3c2)c(C)c1NC(=O)Oc1ccc([N+](=O)[O-])cc1. The van der Waals surface area contributed by atoms with E-state index in [0.29, 0.717) is 44.7 Å². The van der Waals surface area contributed by atoms with Crippen molar-refractivity contribution in [3.8, 4) is 33.9 Å². The van der Waals surface area contributed by atoms with Crippen LogP contribution < -0.4 is 30.8 Å². The van der Waals surface area contributed by atoms with Gasteiger partial charge in [0.15, 0.2) is 0 Å². The topological polar surface area (TPSA) is 309 Å². The average molecular weight is 1040 g/mol. The summed E-state index contributed by atoms with van der Waals surface area (Å²) >= 11 is 0. The summed E-state index contributed by atoms with van der Waals surface area (Å²) in [4.78, 5) is 51.1. The molecule has 2 aliphatic rings. The zero-order chi connectivity index (χ0) is 53.6. The highest BCUT2D eigenvalue weighted by Crippen LogP contribution is 2.44. The maximum atomic E-state index is 13.2. The van der Waals surface area contributed by atoms with Gasteiger partial charge in [-0.05, 0) is 130 Å². The van der Waals surface area contributed by atoms with Gasteiger partial charge >= 0.3 is 12.2 Å². The molecule has 74 heavy (non-hydrogen) atoms. The number of nitrogens with one attached hydrogen (secondary N) is 3. The molecule has 1 heterocycles. The van der Waals surface area contributed by atoms with Gasteiger partial charge in [0.1, 0.15) is 32.6 Å². The van der Waals surface area contributed by atoms with E-state index in [2.05, 4.69) is 16.0 Å². The third-order valence-electron chi connectivity index (χ3n) is 12.0. The fourth-order valence-electron chi connectivity index (χ4n) is 8.72. The number of amides is 2. The van der Waals surface area contributed by atoms with Gasteiger partial charge in [0.25, 0.3) is 31.6 Å². The molecule has 378 valence electrons. The number of ether oxygens (including phenoxy) is 2. The van der Waals surface area contributed by atoms with Crippen molar-refractivity contribution in [3.05, 3.63) is 174 Å². The van der Waals surface area contributed by atoms with Gasteiger partial charge in [0.05, 0.1) is 32.3 Å². The van der Waals surface area contributed by atoms with Crippen LogP contribution in [0.3, 0.4) is 0 Å². The maximum Gasteiger partial charge on any atom is 0.417 e. The Balaban J connectivity index is 1.23. The van der Waals surface area contributed by atoms with Crippen LogP contribution in [0.5, 0.6) is 11.5 Å². The second-order valence-corrected chi connectivity index (χ2v) is 19.6. The van der Waals surface area contributed by atoms with Gasteiger partial charge in [-0.3, -0.25) is 40.0 Å².